The number of hydrogen-bond acceptors (Lipinski definition) is 5. The lowest BCUT2D eigenvalue weighted by atomic mass is 9.85. The van der Waals surface area contributed by atoms with Crippen LogP contribution in [-0.4, -0.2) is 33.8 Å². The van der Waals surface area contributed by atoms with Gasteiger partial charge in [-0.1, -0.05) is 45.0 Å². The summed E-state index contributed by atoms with van der Waals surface area (Å²) >= 11 is 0. The largest absolute Gasteiger partial charge is 0.507 e. The molecule has 2 heterocycles. The lowest BCUT2D eigenvalue weighted by Gasteiger charge is -2.26. The molecule has 2 aromatic carbocycles. The van der Waals surface area contributed by atoms with E-state index in [-0.39, 0.29) is 23.3 Å². The van der Waals surface area contributed by atoms with Crippen molar-refractivity contribution in [1.29, 1.82) is 0 Å². The van der Waals surface area contributed by atoms with Gasteiger partial charge in [0.2, 0.25) is 0 Å². The van der Waals surface area contributed by atoms with Gasteiger partial charge in [0, 0.05) is 24.5 Å². The number of amides is 1. The van der Waals surface area contributed by atoms with Crippen LogP contribution in [0.4, 0.5) is 0 Å². The van der Waals surface area contributed by atoms with Gasteiger partial charge in [-0.3, -0.25) is 14.6 Å². The van der Waals surface area contributed by atoms with Gasteiger partial charge in [0.1, 0.15) is 11.5 Å². The van der Waals surface area contributed by atoms with Crippen molar-refractivity contribution in [3.8, 4) is 5.75 Å². The van der Waals surface area contributed by atoms with Gasteiger partial charge in [-0.2, -0.15) is 0 Å². The Bertz CT molecular complexity index is 1220. The second-order valence-electron chi connectivity index (χ2n) is 9.38. The fraction of sp³-hybridized carbons (Fsp3) is 0.250. The van der Waals surface area contributed by atoms with Gasteiger partial charge in [0.25, 0.3) is 11.7 Å². The number of carbonyl (C=O) groups excluding carboxylic acids is 2. The molecule has 0 saturated carbocycles. The number of methoxy groups -OCH3 is 1. The summed E-state index contributed by atoms with van der Waals surface area (Å²) in [6, 6.07) is 17.5. The zero-order valence-electron chi connectivity index (χ0n) is 19.8. The third-order valence-electron chi connectivity index (χ3n) is 6.10. The number of hydrogen-bond donors (Lipinski definition) is 1. The highest BCUT2D eigenvalue weighted by atomic mass is 16.5. The quantitative estimate of drug-likeness (QED) is 0.332. The number of benzene rings is 2. The highest BCUT2D eigenvalue weighted by molar-refractivity contribution is 6.46. The Labute approximate surface area is 199 Å². The fourth-order valence-electron chi connectivity index (χ4n) is 4.14. The number of pyridine rings is 1. The smallest absolute Gasteiger partial charge is 0.295 e. The second kappa shape index (κ2) is 9.14. The second-order valence-corrected chi connectivity index (χ2v) is 9.38. The summed E-state index contributed by atoms with van der Waals surface area (Å²) < 4.78 is 5.19. The molecular weight excluding hydrogens is 428 g/mol. The minimum absolute atomic E-state index is 0.0412. The van der Waals surface area contributed by atoms with Crippen molar-refractivity contribution in [3.63, 3.8) is 0 Å². The molecule has 1 aliphatic heterocycles. The van der Waals surface area contributed by atoms with E-state index in [1.54, 1.807) is 43.8 Å². The Hall–Kier alpha value is -3.93. The molecule has 34 heavy (non-hydrogen) atoms. The monoisotopic (exact) mass is 456 g/mol. The van der Waals surface area contributed by atoms with Gasteiger partial charge >= 0.3 is 0 Å². The van der Waals surface area contributed by atoms with Crippen molar-refractivity contribution in [2.45, 2.75) is 38.8 Å². The number of nitrogens with zero attached hydrogens (tertiary/aromatic N) is 2. The van der Waals surface area contributed by atoms with Crippen LogP contribution >= 0.6 is 0 Å². The van der Waals surface area contributed by atoms with Gasteiger partial charge < -0.3 is 14.7 Å². The molecule has 0 bridgehead atoms. The molecule has 1 N–H and O–H groups in total. The Morgan fingerprint density at radius 1 is 0.971 bits per heavy atom. The van der Waals surface area contributed by atoms with E-state index in [9.17, 15) is 14.7 Å². The van der Waals surface area contributed by atoms with Crippen LogP contribution in [0.5, 0.6) is 5.75 Å². The third kappa shape index (κ3) is 4.44. The Morgan fingerprint density at radius 3 is 2.15 bits per heavy atom. The molecule has 1 fully saturated rings. The van der Waals surface area contributed by atoms with E-state index >= 15 is 0 Å². The van der Waals surface area contributed by atoms with Crippen molar-refractivity contribution < 1.29 is 19.4 Å². The first kappa shape index (κ1) is 23.2. The number of ketones is 1. The van der Waals surface area contributed by atoms with Crippen LogP contribution in [0.3, 0.4) is 0 Å². The summed E-state index contributed by atoms with van der Waals surface area (Å²) in [4.78, 5) is 31.9. The van der Waals surface area contributed by atoms with Crippen molar-refractivity contribution in [2.75, 3.05) is 7.11 Å². The maximum atomic E-state index is 13.2. The average Bonchev–Trinajstić information content (AvgIpc) is 3.09. The molecule has 6 nitrogen and oxygen atoms in total. The summed E-state index contributed by atoms with van der Waals surface area (Å²) in [6.45, 7) is 6.60. The van der Waals surface area contributed by atoms with E-state index in [1.807, 2.05) is 36.4 Å². The Morgan fingerprint density at radius 2 is 1.59 bits per heavy atom. The van der Waals surface area contributed by atoms with Crippen LogP contribution in [0.25, 0.3) is 5.76 Å². The number of likely N-dealkylation sites (tertiary alicyclic amines) is 1. The van der Waals surface area contributed by atoms with Gasteiger partial charge in [-0.25, -0.2) is 0 Å². The minimum atomic E-state index is -0.718. The summed E-state index contributed by atoms with van der Waals surface area (Å²) in [7, 11) is 1.56. The zero-order valence-corrected chi connectivity index (χ0v) is 19.8. The van der Waals surface area contributed by atoms with E-state index < -0.39 is 17.7 Å². The van der Waals surface area contributed by atoms with E-state index in [4.69, 9.17) is 4.74 Å². The highest BCUT2D eigenvalue weighted by Crippen LogP contribution is 2.41. The molecule has 174 valence electrons. The first-order valence-electron chi connectivity index (χ1n) is 11.1. The SMILES string of the molecule is COc1ccc(C(O)=C2C(=O)C(=O)N(Cc3ccncc3)C2c2ccc(C(C)(C)C)cc2)cc1. The number of aliphatic hydroxyl groups excluding tert-OH is 1. The molecule has 1 aromatic heterocycles. The molecule has 1 aliphatic rings. The topological polar surface area (TPSA) is 79.7 Å². The summed E-state index contributed by atoms with van der Waals surface area (Å²) in [5.74, 6) is -0.920. The van der Waals surface area contributed by atoms with Crippen LogP contribution < -0.4 is 4.74 Å². The van der Waals surface area contributed by atoms with Gasteiger partial charge in [0.05, 0.1) is 18.7 Å². The molecule has 1 amide bonds. The summed E-state index contributed by atoms with van der Waals surface area (Å²) in [6.07, 6.45) is 3.30. The molecule has 1 atom stereocenters. The highest BCUT2D eigenvalue weighted by Gasteiger charge is 2.46. The molecule has 0 radical (unpaired) electrons. The number of carbonyl (C=O) groups is 2. The maximum Gasteiger partial charge on any atom is 0.295 e. The van der Waals surface area contributed by atoms with E-state index in [0.717, 1.165) is 16.7 Å². The normalized spacial score (nSPS) is 17.8. The van der Waals surface area contributed by atoms with E-state index in [2.05, 4.69) is 25.8 Å². The van der Waals surface area contributed by atoms with Gasteiger partial charge in [0.15, 0.2) is 0 Å². The van der Waals surface area contributed by atoms with Crippen LogP contribution in [0.2, 0.25) is 0 Å². The fourth-order valence-corrected chi connectivity index (χ4v) is 4.14. The van der Waals surface area contributed by atoms with E-state index in [1.165, 1.54) is 4.90 Å². The first-order chi connectivity index (χ1) is 16.2. The lowest BCUT2D eigenvalue weighted by molar-refractivity contribution is -0.140. The van der Waals surface area contributed by atoms with Crippen LogP contribution in [0.15, 0.2) is 78.6 Å². The Kier molecular flexibility index (Phi) is 6.24. The molecular formula is C28H28N2O4. The number of ether oxygens (including phenoxy) is 1. The predicted molar refractivity (Wildman–Crippen MR) is 130 cm³/mol. The van der Waals surface area contributed by atoms with Crippen LogP contribution in [0, 0.1) is 0 Å². The Balaban J connectivity index is 1.84. The number of rotatable bonds is 5. The molecule has 3 aromatic rings. The van der Waals surface area contributed by atoms with Crippen molar-refractivity contribution in [2.24, 2.45) is 0 Å². The molecule has 1 unspecified atom stereocenters. The van der Waals surface area contributed by atoms with Crippen molar-refractivity contribution in [3.05, 3.63) is 101 Å². The van der Waals surface area contributed by atoms with Crippen LogP contribution in [0.1, 0.15) is 49.1 Å². The zero-order chi connectivity index (χ0) is 24.5. The summed E-state index contributed by atoms with van der Waals surface area (Å²) in [5, 5.41) is 11.2. The van der Waals surface area contributed by atoms with Gasteiger partial charge in [-0.15, -0.1) is 0 Å². The third-order valence-corrected chi connectivity index (χ3v) is 6.10. The van der Waals surface area contributed by atoms with Gasteiger partial charge in [-0.05, 0) is 58.5 Å². The first-order valence-corrected chi connectivity index (χ1v) is 11.1. The minimum Gasteiger partial charge on any atom is -0.507 e. The average molecular weight is 457 g/mol. The number of aliphatic hydroxyl groups is 1. The maximum absolute atomic E-state index is 13.2. The molecule has 6 heteroatoms. The number of Topliss-reactive ketones (excluding diaryl/α,β-unsaturated/α-hetero) is 1. The molecule has 1 saturated heterocycles. The van der Waals surface area contributed by atoms with Crippen LogP contribution in [-0.2, 0) is 21.5 Å². The number of aromatic nitrogens is 1. The standard InChI is InChI=1S/C28H28N2O4/c1-28(2,3)21-9-5-19(6-10-21)24-23(25(31)20-7-11-22(34-4)12-8-20)26(32)27(33)30(24)17-18-13-15-29-16-14-18/h5-16,24,31H,17H2,1-4H3. The lowest BCUT2D eigenvalue weighted by Crippen LogP contribution is -2.29. The summed E-state index contributed by atoms with van der Waals surface area (Å²) in [5.41, 5.74) is 3.22. The van der Waals surface area contributed by atoms with Crippen molar-refractivity contribution >= 4 is 17.4 Å². The predicted octanol–water partition coefficient (Wildman–Crippen LogP) is 5.01. The molecule has 0 aliphatic carbocycles. The molecule has 4 rings (SSSR count). The van der Waals surface area contributed by atoms with E-state index in [0.29, 0.717) is 11.3 Å². The molecule has 0 spiro atoms. The van der Waals surface area contributed by atoms with Crippen molar-refractivity contribution in [1.82, 2.24) is 9.88 Å².